The first-order valence-corrected chi connectivity index (χ1v) is 6.86. The highest BCUT2D eigenvalue weighted by Gasteiger charge is 2.42. The Kier molecular flexibility index (Phi) is 3.09. The van der Waals surface area contributed by atoms with Gasteiger partial charge >= 0.3 is 0 Å². The lowest BCUT2D eigenvalue weighted by atomic mass is 9.80. The number of amides is 1. The van der Waals surface area contributed by atoms with E-state index in [0.717, 1.165) is 58.7 Å². The van der Waals surface area contributed by atoms with Gasteiger partial charge in [-0.25, -0.2) is 0 Å². The predicted molar refractivity (Wildman–Crippen MR) is 64.7 cm³/mol. The number of likely N-dealkylation sites (tertiary alicyclic amines) is 1. The van der Waals surface area contributed by atoms with Gasteiger partial charge in [0.2, 0.25) is 5.91 Å². The smallest absolute Gasteiger partial charge is 0.227 e. The molecule has 3 fully saturated rings. The van der Waals surface area contributed by atoms with Gasteiger partial charge in [0, 0.05) is 32.8 Å². The molecule has 0 bridgehead atoms. The summed E-state index contributed by atoms with van der Waals surface area (Å²) in [5, 5.41) is 3.28. The molecule has 0 radical (unpaired) electrons. The quantitative estimate of drug-likeness (QED) is 0.728. The van der Waals surface area contributed by atoms with Crippen molar-refractivity contribution in [1.29, 1.82) is 0 Å². The van der Waals surface area contributed by atoms with Crippen molar-refractivity contribution < 1.29 is 9.53 Å². The second-order valence-electron chi connectivity index (χ2n) is 5.81. The van der Waals surface area contributed by atoms with E-state index >= 15 is 0 Å². The summed E-state index contributed by atoms with van der Waals surface area (Å²) >= 11 is 0. The van der Waals surface area contributed by atoms with Gasteiger partial charge in [-0.1, -0.05) is 0 Å². The second-order valence-corrected chi connectivity index (χ2v) is 5.81. The van der Waals surface area contributed by atoms with Gasteiger partial charge in [-0.15, -0.1) is 0 Å². The largest absolute Gasteiger partial charge is 0.381 e. The van der Waals surface area contributed by atoms with E-state index in [1.165, 1.54) is 6.42 Å². The van der Waals surface area contributed by atoms with Crippen LogP contribution in [-0.2, 0) is 9.53 Å². The van der Waals surface area contributed by atoms with Crippen LogP contribution in [0.5, 0.6) is 0 Å². The molecule has 1 atom stereocenters. The van der Waals surface area contributed by atoms with Crippen LogP contribution in [0.1, 0.15) is 25.7 Å². The highest BCUT2D eigenvalue weighted by molar-refractivity contribution is 5.79. The maximum Gasteiger partial charge on any atom is 0.227 e. The Hall–Kier alpha value is -0.610. The molecule has 4 nitrogen and oxygen atoms in total. The molecular weight excluding hydrogens is 216 g/mol. The molecule has 1 spiro atoms. The summed E-state index contributed by atoms with van der Waals surface area (Å²) in [7, 11) is 0. The molecule has 0 aliphatic carbocycles. The fraction of sp³-hybridized carbons (Fsp3) is 0.923. The molecule has 4 heteroatoms. The van der Waals surface area contributed by atoms with Gasteiger partial charge in [-0.05, 0) is 37.6 Å². The summed E-state index contributed by atoms with van der Waals surface area (Å²) in [5.41, 5.74) is 0.389. The lowest BCUT2D eigenvalue weighted by Gasteiger charge is -2.33. The van der Waals surface area contributed by atoms with Crippen molar-refractivity contribution in [3.63, 3.8) is 0 Å². The van der Waals surface area contributed by atoms with Crippen LogP contribution in [0.3, 0.4) is 0 Å². The number of hydrogen-bond acceptors (Lipinski definition) is 3. The molecule has 3 aliphatic heterocycles. The molecular formula is C13H22N2O2. The maximum atomic E-state index is 12.3. The number of ether oxygens (including phenoxy) is 1. The third-order valence-electron chi connectivity index (χ3n) is 4.71. The number of carbonyl (C=O) groups excluding carboxylic acids is 1. The van der Waals surface area contributed by atoms with Gasteiger partial charge in [0.15, 0.2) is 0 Å². The summed E-state index contributed by atoms with van der Waals surface area (Å²) in [6, 6.07) is 0. The molecule has 0 aromatic heterocycles. The molecule has 1 unspecified atom stereocenters. The molecule has 0 aromatic rings. The number of rotatable bonds is 1. The summed E-state index contributed by atoms with van der Waals surface area (Å²) in [6.45, 7) is 5.59. The molecule has 1 N–H and O–H groups in total. The van der Waals surface area contributed by atoms with E-state index in [1.807, 2.05) is 0 Å². The topological polar surface area (TPSA) is 41.6 Å². The Morgan fingerprint density at radius 3 is 2.82 bits per heavy atom. The van der Waals surface area contributed by atoms with E-state index in [0.29, 0.717) is 11.3 Å². The second kappa shape index (κ2) is 4.58. The van der Waals surface area contributed by atoms with Gasteiger partial charge in [0.1, 0.15) is 0 Å². The monoisotopic (exact) mass is 238 g/mol. The van der Waals surface area contributed by atoms with Crippen LogP contribution in [0.25, 0.3) is 0 Å². The molecule has 3 heterocycles. The van der Waals surface area contributed by atoms with E-state index in [1.54, 1.807) is 0 Å². The molecule has 0 aromatic carbocycles. The van der Waals surface area contributed by atoms with Crippen molar-refractivity contribution in [2.75, 3.05) is 39.4 Å². The Balaban J connectivity index is 1.60. The lowest BCUT2D eigenvalue weighted by molar-refractivity contribution is -0.134. The Labute approximate surface area is 103 Å². The third-order valence-corrected chi connectivity index (χ3v) is 4.71. The minimum Gasteiger partial charge on any atom is -0.381 e. The Morgan fingerprint density at radius 2 is 2.12 bits per heavy atom. The first kappa shape index (κ1) is 11.5. The Bertz CT molecular complexity index is 294. The fourth-order valence-corrected chi connectivity index (χ4v) is 3.46. The van der Waals surface area contributed by atoms with Crippen molar-refractivity contribution >= 4 is 5.91 Å². The minimum atomic E-state index is 0.241. The SMILES string of the molecule is O=C(C1CCNC1)N1CCC2(CCOCC2)C1. The van der Waals surface area contributed by atoms with Crippen LogP contribution >= 0.6 is 0 Å². The highest BCUT2D eigenvalue weighted by Crippen LogP contribution is 2.40. The van der Waals surface area contributed by atoms with Crippen LogP contribution in [0.2, 0.25) is 0 Å². The van der Waals surface area contributed by atoms with Crippen LogP contribution in [0.15, 0.2) is 0 Å². The lowest BCUT2D eigenvalue weighted by Crippen LogP contribution is -2.38. The average molecular weight is 238 g/mol. The third kappa shape index (κ3) is 2.20. The van der Waals surface area contributed by atoms with Crippen molar-refractivity contribution in [2.24, 2.45) is 11.3 Å². The van der Waals surface area contributed by atoms with Crippen molar-refractivity contribution in [1.82, 2.24) is 10.2 Å². The standard InChI is InChI=1S/C13H22N2O2/c16-12(11-1-5-14-9-11)15-6-2-13(10-15)3-7-17-8-4-13/h11,14H,1-10H2. The minimum absolute atomic E-state index is 0.241. The normalized spacial score (nSPS) is 32.2. The van der Waals surface area contributed by atoms with Gasteiger partial charge in [-0.3, -0.25) is 4.79 Å². The van der Waals surface area contributed by atoms with E-state index in [-0.39, 0.29) is 5.92 Å². The molecule has 96 valence electrons. The molecule has 17 heavy (non-hydrogen) atoms. The first-order chi connectivity index (χ1) is 8.29. The zero-order valence-electron chi connectivity index (χ0n) is 10.4. The number of nitrogens with one attached hydrogen (secondary N) is 1. The van der Waals surface area contributed by atoms with Crippen molar-refractivity contribution in [3.8, 4) is 0 Å². The van der Waals surface area contributed by atoms with Crippen molar-refractivity contribution in [3.05, 3.63) is 0 Å². The fourth-order valence-electron chi connectivity index (χ4n) is 3.46. The molecule has 3 aliphatic rings. The number of nitrogens with zero attached hydrogens (tertiary/aromatic N) is 1. The van der Waals surface area contributed by atoms with Crippen LogP contribution in [-0.4, -0.2) is 50.2 Å². The maximum absolute atomic E-state index is 12.3. The summed E-state index contributed by atoms with van der Waals surface area (Å²) in [5.74, 6) is 0.628. The molecule has 3 saturated heterocycles. The van der Waals surface area contributed by atoms with Gasteiger partial charge in [0.25, 0.3) is 0 Å². The van der Waals surface area contributed by atoms with Gasteiger partial charge < -0.3 is 15.0 Å². The Morgan fingerprint density at radius 1 is 1.29 bits per heavy atom. The number of hydrogen-bond donors (Lipinski definition) is 1. The summed E-state index contributed by atoms with van der Waals surface area (Å²) in [6.07, 6.45) is 4.48. The van der Waals surface area contributed by atoms with Crippen LogP contribution < -0.4 is 5.32 Å². The summed E-state index contributed by atoms with van der Waals surface area (Å²) < 4.78 is 5.44. The van der Waals surface area contributed by atoms with E-state index in [2.05, 4.69) is 10.2 Å². The van der Waals surface area contributed by atoms with Gasteiger partial charge in [-0.2, -0.15) is 0 Å². The average Bonchev–Trinajstić information content (AvgIpc) is 2.99. The van der Waals surface area contributed by atoms with Crippen LogP contribution in [0, 0.1) is 11.3 Å². The van der Waals surface area contributed by atoms with Gasteiger partial charge in [0.05, 0.1) is 5.92 Å². The van der Waals surface area contributed by atoms with E-state index in [9.17, 15) is 4.79 Å². The summed E-state index contributed by atoms with van der Waals surface area (Å²) in [4.78, 5) is 14.4. The predicted octanol–water partition coefficient (Wildman–Crippen LogP) is 0.625. The van der Waals surface area contributed by atoms with E-state index < -0.39 is 0 Å². The van der Waals surface area contributed by atoms with Crippen LogP contribution in [0.4, 0.5) is 0 Å². The molecule has 0 saturated carbocycles. The number of carbonyl (C=O) groups is 1. The van der Waals surface area contributed by atoms with Crippen molar-refractivity contribution in [2.45, 2.75) is 25.7 Å². The zero-order chi connectivity index (χ0) is 11.7. The van der Waals surface area contributed by atoms with E-state index in [4.69, 9.17) is 4.74 Å². The molecule has 1 amide bonds. The first-order valence-electron chi connectivity index (χ1n) is 6.86. The molecule has 3 rings (SSSR count). The highest BCUT2D eigenvalue weighted by atomic mass is 16.5. The zero-order valence-corrected chi connectivity index (χ0v) is 10.4.